The Hall–Kier alpha value is -1.88. The van der Waals surface area contributed by atoms with E-state index in [1.165, 1.54) is 0 Å². The van der Waals surface area contributed by atoms with E-state index in [9.17, 15) is 9.59 Å². The second-order valence-corrected chi connectivity index (χ2v) is 7.31. The van der Waals surface area contributed by atoms with Crippen LogP contribution in [-0.2, 0) is 9.59 Å². The van der Waals surface area contributed by atoms with Gasteiger partial charge in [0.15, 0.2) is 0 Å². The van der Waals surface area contributed by atoms with Crippen molar-refractivity contribution in [1.29, 1.82) is 0 Å². The van der Waals surface area contributed by atoms with Gasteiger partial charge in [-0.3, -0.25) is 14.5 Å². The molecule has 0 bridgehead atoms. The van der Waals surface area contributed by atoms with Crippen LogP contribution in [0.3, 0.4) is 0 Å². The zero-order valence-corrected chi connectivity index (χ0v) is 14.4. The van der Waals surface area contributed by atoms with E-state index in [0.717, 1.165) is 18.4 Å². The number of rotatable bonds is 6. The summed E-state index contributed by atoms with van der Waals surface area (Å²) in [4.78, 5) is 26.6. The molecule has 5 heteroatoms. The maximum Gasteiger partial charge on any atom is 0.242 e. The Kier molecular flexibility index (Phi) is 5.42. The molecule has 1 aromatic carbocycles. The third-order valence-electron chi connectivity index (χ3n) is 3.64. The van der Waals surface area contributed by atoms with Gasteiger partial charge in [0, 0.05) is 11.6 Å². The Labute approximate surface area is 138 Å². The lowest BCUT2D eigenvalue weighted by molar-refractivity contribution is -0.129. The summed E-state index contributed by atoms with van der Waals surface area (Å²) in [5.41, 5.74) is 0.618. The molecule has 2 N–H and O–H groups in total. The minimum Gasteiger partial charge on any atom is -0.352 e. The highest BCUT2D eigenvalue weighted by Gasteiger charge is 2.31. The quantitative estimate of drug-likeness (QED) is 0.842. The van der Waals surface area contributed by atoms with Crippen LogP contribution in [0.25, 0.3) is 0 Å². The lowest BCUT2D eigenvalue weighted by atomic mass is 10.0. The highest BCUT2D eigenvalue weighted by molar-refractivity contribution is 5.85. The SMILES string of the molecule is CN(CC(=O)NC(C)(C)C)[C@@H](C(=O)NC1CC1)c1ccccc1. The Morgan fingerprint density at radius 1 is 1.22 bits per heavy atom. The average molecular weight is 317 g/mol. The first kappa shape index (κ1) is 17.5. The molecule has 2 rings (SSSR count). The average Bonchev–Trinajstić information content (AvgIpc) is 3.21. The van der Waals surface area contributed by atoms with Crippen LogP contribution in [0.1, 0.15) is 45.2 Å². The minimum atomic E-state index is -0.456. The smallest absolute Gasteiger partial charge is 0.242 e. The summed E-state index contributed by atoms with van der Waals surface area (Å²) >= 11 is 0. The number of likely N-dealkylation sites (N-methyl/N-ethyl adjacent to an activating group) is 1. The van der Waals surface area contributed by atoms with Crippen molar-refractivity contribution in [3.63, 3.8) is 0 Å². The second kappa shape index (κ2) is 7.13. The molecule has 5 nitrogen and oxygen atoms in total. The van der Waals surface area contributed by atoms with Crippen molar-refractivity contribution < 1.29 is 9.59 Å². The van der Waals surface area contributed by atoms with Crippen LogP contribution in [0.2, 0.25) is 0 Å². The van der Waals surface area contributed by atoms with Crippen molar-refractivity contribution in [2.24, 2.45) is 0 Å². The van der Waals surface area contributed by atoms with Crippen molar-refractivity contribution in [2.75, 3.05) is 13.6 Å². The van der Waals surface area contributed by atoms with Crippen LogP contribution in [0.4, 0.5) is 0 Å². The lowest BCUT2D eigenvalue weighted by Crippen LogP contribution is -2.48. The van der Waals surface area contributed by atoms with Crippen LogP contribution in [0, 0.1) is 0 Å². The molecular formula is C18H27N3O2. The molecule has 1 fully saturated rings. The molecule has 0 unspecified atom stereocenters. The van der Waals surface area contributed by atoms with Gasteiger partial charge in [-0.2, -0.15) is 0 Å². The van der Waals surface area contributed by atoms with E-state index < -0.39 is 6.04 Å². The molecule has 1 atom stereocenters. The Morgan fingerprint density at radius 3 is 2.35 bits per heavy atom. The Bertz CT molecular complexity index is 547. The van der Waals surface area contributed by atoms with Gasteiger partial charge in [0.25, 0.3) is 0 Å². The number of hydrogen-bond acceptors (Lipinski definition) is 3. The molecular weight excluding hydrogens is 290 g/mol. The first-order valence-electron chi connectivity index (χ1n) is 8.13. The van der Waals surface area contributed by atoms with Gasteiger partial charge < -0.3 is 10.6 Å². The van der Waals surface area contributed by atoms with E-state index in [2.05, 4.69) is 10.6 Å². The number of carbonyl (C=O) groups excluding carboxylic acids is 2. The maximum absolute atomic E-state index is 12.6. The van der Waals surface area contributed by atoms with E-state index in [1.54, 1.807) is 4.90 Å². The zero-order valence-electron chi connectivity index (χ0n) is 14.4. The molecule has 0 aromatic heterocycles. The summed E-state index contributed by atoms with van der Waals surface area (Å²) in [7, 11) is 1.81. The fourth-order valence-corrected chi connectivity index (χ4v) is 2.52. The summed E-state index contributed by atoms with van der Waals surface area (Å²) in [6.07, 6.45) is 2.09. The van der Waals surface area contributed by atoms with Crippen molar-refractivity contribution in [3.05, 3.63) is 35.9 Å². The summed E-state index contributed by atoms with van der Waals surface area (Å²) in [6.45, 7) is 6.01. The third-order valence-corrected chi connectivity index (χ3v) is 3.64. The standard InChI is InChI=1S/C18H27N3O2/c1-18(2,3)20-15(22)12-21(4)16(13-8-6-5-7-9-13)17(23)19-14-10-11-14/h5-9,14,16H,10-12H2,1-4H3,(H,19,23)(H,20,22)/t16-/m1/s1. The molecule has 0 saturated heterocycles. The monoisotopic (exact) mass is 317 g/mol. The highest BCUT2D eigenvalue weighted by Crippen LogP contribution is 2.24. The maximum atomic E-state index is 12.6. The number of hydrogen-bond donors (Lipinski definition) is 2. The largest absolute Gasteiger partial charge is 0.352 e. The molecule has 0 spiro atoms. The van der Waals surface area contributed by atoms with Gasteiger partial charge in [-0.05, 0) is 46.2 Å². The molecule has 2 amide bonds. The van der Waals surface area contributed by atoms with E-state index in [-0.39, 0.29) is 23.9 Å². The van der Waals surface area contributed by atoms with Crippen LogP contribution in [0.5, 0.6) is 0 Å². The predicted molar refractivity (Wildman–Crippen MR) is 90.9 cm³/mol. The van der Waals surface area contributed by atoms with Gasteiger partial charge in [-0.25, -0.2) is 0 Å². The van der Waals surface area contributed by atoms with Gasteiger partial charge in [-0.15, -0.1) is 0 Å². The van der Waals surface area contributed by atoms with E-state index >= 15 is 0 Å². The van der Waals surface area contributed by atoms with Crippen LogP contribution in [-0.4, -0.2) is 41.9 Å². The predicted octanol–water partition coefficient (Wildman–Crippen LogP) is 1.85. The van der Waals surface area contributed by atoms with Crippen LogP contribution in [0.15, 0.2) is 30.3 Å². The van der Waals surface area contributed by atoms with Crippen LogP contribution < -0.4 is 10.6 Å². The molecule has 1 aromatic rings. The molecule has 0 aliphatic heterocycles. The first-order chi connectivity index (χ1) is 10.8. The van der Waals surface area contributed by atoms with E-state index in [4.69, 9.17) is 0 Å². The fraction of sp³-hybridized carbons (Fsp3) is 0.556. The lowest BCUT2D eigenvalue weighted by Gasteiger charge is -2.29. The van der Waals surface area contributed by atoms with Gasteiger partial charge >= 0.3 is 0 Å². The van der Waals surface area contributed by atoms with Gasteiger partial charge in [-0.1, -0.05) is 30.3 Å². The number of carbonyl (C=O) groups is 2. The van der Waals surface area contributed by atoms with E-state index in [0.29, 0.717) is 6.04 Å². The molecule has 126 valence electrons. The number of nitrogens with zero attached hydrogens (tertiary/aromatic N) is 1. The summed E-state index contributed by atoms with van der Waals surface area (Å²) in [5, 5.41) is 5.98. The first-order valence-corrected chi connectivity index (χ1v) is 8.13. The normalized spacial score (nSPS) is 16.0. The molecule has 1 aliphatic carbocycles. The minimum absolute atomic E-state index is 0.0373. The molecule has 0 heterocycles. The summed E-state index contributed by atoms with van der Waals surface area (Å²) < 4.78 is 0. The van der Waals surface area contributed by atoms with Crippen LogP contribution >= 0.6 is 0 Å². The van der Waals surface area contributed by atoms with Crippen molar-refractivity contribution >= 4 is 11.8 Å². The fourth-order valence-electron chi connectivity index (χ4n) is 2.52. The Morgan fingerprint density at radius 2 is 1.83 bits per heavy atom. The zero-order chi connectivity index (χ0) is 17.0. The summed E-state index contributed by atoms with van der Waals surface area (Å²) in [6, 6.07) is 9.44. The Balaban J connectivity index is 2.09. The number of amides is 2. The topological polar surface area (TPSA) is 61.4 Å². The van der Waals surface area contributed by atoms with Crippen molar-refractivity contribution in [3.8, 4) is 0 Å². The van der Waals surface area contributed by atoms with Gasteiger partial charge in [0.2, 0.25) is 11.8 Å². The molecule has 1 saturated carbocycles. The van der Waals surface area contributed by atoms with Crippen molar-refractivity contribution in [2.45, 2.75) is 51.2 Å². The number of nitrogens with one attached hydrogen (secondary N) is 2. The highest BCUT2D eigenvalue weighted by atomic mass is 16.2. The molecule has 0 radical (unpaired) electrons. The molecule has 1 aliphatic rings. The third kappa shape index (κ3) is 5.67. The van der Waals surface area contributed by atoms with Gasteiger partial charge in [0.1, 0.15) is 6.04 Å². The molecule has 23 heavy (non-hydrogen) atoms. The van der Waals surface area contributed by atoms with E-state index in [1.807, 2.05) is 58.2 Å². The number of benzene rings is 1. The van der Waals surface area contributed by atoms with Gasteiger partial charge in [0.05, 0.1) is 6.54 Å². The van der Waals surface area contributed by atoms with Crippen molar-refractivity contribution in [1.82, 2.24) is 15.5 Å². The second-order valence-electron chi connectivity index (χ2n) is 7.31. The summed E-state index contributed by atoms with van der Waals surface area (Å²) in [5.74, 6) is -0.120.